The Bertz CT molecular complexity index is 477. The van der Waals surface area contributed by atoms with Crippen molar-refractivity contribution in [1.82, 2.24) is 9.80 Å². The first-order valence-electron chi connectivity index (χ1n) is 7.75. The Balaban J connectivity index is 1.97. The highest BCUT2D eigenvalue weighted by atomic mass is 16.2. The molecule has 0 saturated carbocycles. The zero-order chi connectivity index (χ0) is 15.4. The highest BCUT2D eigenvalue weighted by Gasteiger charge is 2.22. The summed E-state index contributed by atoms with van der Waals surface area (Å²) in [5.41, 5.74) is 2.60. The number of benzene rings is 1. The van der Waals surface area contributed by atoms with E-state index < -0.39 is 0 Å². The number of carbonyl (C=O) groups excluding carboxylic acids is 1. The minimum absolute atomic E-state index is 0.0972. The van der Waals surface area contributed by atoms with Gasteiger partial charge in [-0.25, -0.2) is 0 Å². The second-order valence-corrected chi connectivity index (χ2v) is 6.37. The first-order valence-corrected chi connectivity index (χ1v) is 7.75. The monoisotopic (exact) mass is 289 g/mol. The van der Waals surface area contributed by atoms with Crippen LogP contribution in [0.25, 0.3) is 0 Å². The van der Waals surface area contributed by atoms with Crippen LogP contribution in [0.15, 0.2) is 24.3 Å². The van der Waals surface area contributed by atoms with Crippen LogP contribution >= 0.6 is 0 Å². The van der Waals surface area contributed by atoms with Crippen LogP contribution in [0.4, 0.5) is 5.69 Å². The number of rotatable bonds is 4. The topological polar surface area (TPSA) is 26.8 Å². The first-order chi connectivity index (χ1) is 9.97. The van der Waals surface area contributed by atoms with Gasteiger partial charge in [0.2, 0.25) is 5.91 Å². The van der Waals surface area contributed by atoms with Gasteiger partial charge in [0.15, 0.2) is 0 Å². The normalized spacial score (nSPS) is 15.9. The van der Waals surface area contributed by atoms with Gasteiger partial charge in [-0.05, 0) is 31.8 Å². The van der Waals surface area contributed by atoms with Crippen molar-refractivity contribution in [2.75, 3.05) is 45.2 Å². The van der Waals surface area contributed by atoms with Gasteiger partial charge in [-0.15, -0.1) is 0 Å². The molecule has 1 aromatic rings. The van der Waals surface area contributed by atoms with E-state index in [9.17, 15) is 4.79 Å². The number of amides is 1. The third-order valence-electron chi connectivity index (χ3n) is 3.86. The van der Waals surface area contributed by atoms with Gasteiger partial charge in [-0.3, -0.25) is 4.79 Å². The second kappa shape index (κ2) is 6.94. The highest BCUT2D eigenvalue weighted by molar-refractivity contribution is 5.78. The smallest absolute Gasteiger partial charge is 0.225 e. The maximum Gasteiger partial charge on any atom is 0.225 e. The van der Waals surface area contributed by atoms with Crippen LogP contribution in [0.2, 0.25) is 0 Å². The van der Waals surface area contributed by atoms with E-state index in [1.54, 1.807) is 0 Å². The number of nitrogens with zero attached hydrogens (tertiary/aromatic N) is 3. The van der Waals surface area contributed by atoms with Gasteiger partial charge in [0, 0.05) is 44.3 Å². The maximum absolute atomic E-state index is 12.0. The van der Waals surface area contributed by atoms with Crippen LogP contribution in [0, 0.1) is 5.92 Å². The molecule has 0 unspecified atom stereocenters. The molecule has 116 valence electrons. The fraction of sp³-hybridized carbons (Fsp3) is 0.588. The van der Waals surface area contributed by atoms with Crippen molar-refractivity contribution < 1.29 is 4.79 Å². The minimum atomic E-state index is 0.0972. The van der Waals surface area contributed by atoms with Crippen LogP contribution in [0.1, 0.15) is 19.4 Å². The molecule has 0 bridgehead atoms. The molecule has 1 aliphatic heterocycles. The Morgan fingerprint density at radius 2 is 1.86 bits per heavy atom. The third-order valence-corrected chi connectivity index (χ3v) is 3.86. The van der Waals surface area contributed by atoms with Crippen molar-refractivity contribution in [2.24, 2.45) is 5.92 Å². The molecule has 0 atom stereocenters. The largest absolute Gasteiger partial charge is 0.368 e. The molecule has 1 amide bonds. The Kier molecular flexibility index (Phi) is 5.23. The van der Waals surface area contributed by atoms with E-state index >= 15 is 0 Å². The minimum Gasteiger partial charge on any atom is -0.368 e. The molecule has 0 radical (unpaired) electrons. The summed E-state index contributed by atoms with van der Waals surface area (Å²) < 4.78 is 0. The highest BCUT2D eigenvalue weighted by Crippen LogP contribution is 2.19. The average molecular weight is 289 g/mol. The quantitative estimate of drug-likeness (QED) is 0.849. The Morgan fingerprint density at radius 1 is 1.19 bits per heavy atom. The zero-order valence-electron chi connectivity index (χ0n) is 13.7. The first kappa shape index (κ1) is 15.8. The van der Waals surface area contributed by atoms with Gasteiger partial charge in [0.05, 0.1) is 0 Å². The van der Waals surface area contributed by atoms with Crippen molar-refractivity contribution in [2.45, 2.75) is 20.4 Å². The molecule has 21 heavy (non-hydrogen) atoms. The molecule has 1 saturated heterocycles. The van der Waals surface area contributed by atoms with Crippen LogP contribution in [-0.2, 0) is 11.3 Å². The predicted molar refractivity (Wildman–Crippen MR) is 87.5 cm³/mol. The van der Waals surface area contributed by atoms with Crippen LogP contribution in [0.5, 0.6) is 0 Å². The molecule has 0 aliphatic carbocycles. The Hall–Kier alpha value is -1.55. The van der Waals surface area contributed by atoms with Crippen molar-refractivity contribution in [1.29, 1.82) is 0 Å². The van der Waals surface area contributed by atoms with E-state index in [0.717, 1.165) is 32.7 Å². The summed E-state index contributed by atoms with van der Waals surface area (Å²) in [6.45, 7) is 8.40. The van der Waals surface area contributed by atoms with E-state index in [4.69, 9.17) is 0 Å². The van der Waals surface area contributed by atoms with Gasteiger partial charge in [0.1, 0.15) is 0 Å². The van der Waals surface area contributed by atoms with E-state index in [1.807, 2.05) is 18.7 Å². The van der Waals surface area contributed by atoms with E-state index in [0.29, 0.717) is 0 Å². The number of carbonyl (C=O) groups is 1. The molecule has 4 heteroatoms. The SMILES string of the molecule is CC(C)C(=O)N1CCN(c2cccc(CN(C)C)c2)CC1. The van der Waals surface area contributed by atoms with Gasteiger partial charge >= 0.3 is 0 Å². The van der Waals surface area contributed by atoms with Crippen LogP contribution in [-0.4, -0.2) is 56.0 Å². The lowest BCUT2D eigenvalue weighted by Gasteiger charge is -2.37. The summed E-state index contributed by atoms with van der Waals surface area (Å²) in [4.78, 5) is 18.6. The standard InChI is InChI=1S/C17H27N3O/c1-14(2)17(21)20-10-8-19(9-11-20)16-7-5-6-15(12-16)13-18(3)4/h5-7,12,14H,8-11,13H2,1-4H3. The average Bonchev–Trinajstić information content (AvgIpc) is 2.46. The van der Waals surface area contributed by atoms with E-state index in [2.05, 4.69) is 48.2 Å². The van der Waals surface area contributed by atoms with Crippen LogP contribution in [0.3, 0.4) is 0 Å². The van der Waals surface area contributed by atoms with Gasteiger partial charge in [-0.2, -0.15) is 0 Å². The van der Waals surface area contributed by atoms with Gasteiger partial charge in [-0.1, -0.05) is 26.0 Å². The molecule has 0 spiro atoms. The number of anilines is 1. The molecular formula is C17H27N3O. The van der Waals surface area contributed by atoms with Crippen LogP contribution < -0.4 is 4.90 Å². The number of hydrogen-bond donors (Lipinski definition) is 0. The fourth-order valence-corrected chi connectivity index (χ4v) is 2.77. The van der Waals surface area contributed by atoms with Gasteiger partial charge in [0.25, 0.3) is 0 Å². The Morgan fingerprint density at radius 3 is 2.43 bits per heavy atom. The Labute approximate surface area is 128 Å². The van der Waals surface area contributed by atoms with E-state index in [-0.39, 0.29) is 11.8 Å². The maximum atomic E-state index is 12.0. The van der Waals surface area contributed by atoms with Crippen molar-refractivity contribution in [3.05, 3.63) is 29.8 Å². The third kappa shape index (κ3) is 4.21. The zero-order valence-corrected chi connectivity index (χ0v) is 13.7. The molecule has 0 N–H and O–H groups in total. The van der Waals surface area contributed by atoms with Crippen molar-refractivity contribution in [3.63, 3.8) is 0 Å². The summed E-state index contributed by atoms with van der Waals surface area (Å²) in [5.74, 6) is 0.371. The summed E-state index contributed by atoms with van der Waals surface area (Å²) >= 11 is 0. The second-order valence-electron chi connectivity index (χ2n) is 6.37. The lowest BCUT2D eigenvalue weighted by atomic mass is 10.1. The van der Waals surface area contributed by atoms with Crippen molar-refractivity contribution in [3.8, 4) is 0 Å². The molecule has 2 rings (SSSR count). The molecule has 1 aliphatic rings. The summed E-state index contributed by atoms with van der Waals surface area (Å²) in [7, 11) is 4.17. The molecule has 1 heterocycles. The summed E-state index contributed by atoms with van der Waals surface area (Å²) in [6, 6.07) is 8.72. The van der Waals surface area contributed by atoms with Crippen molar-refractivity contribution >= 4 is 11.6 Å². The summed E-state index contributed by atoms with van der Waals surface area (Å²) in [6.07, 6.45) is 0. The predicted octanol–water partition coefficient (Wildman–Crippen LogP) is 2.05. The fourth-order valence-electron chi connectivity index (χ4n) is 2.77. The molecule has 1 aromatic carbocycles. The summed E-state index contributed by atoms with van der Waals surface area (Å²) in [5, 5.41) is 0. The molecular weight excluding hydrogens is 262 g/mol. The molecule has 1 fully saturated rings. The van der Waals surface area contributed by atoms with E-state index in [1.165, 1.54) is 11.3 Å². The van der Waals surface area contributed by atoms with Gasteiger partial charge < -0.3 is 14.7 Å². The molecule has 0 aromatic heterocycles. The number of hydrogen-bond acceptors (Lipinski definition) is 3. The lowest BCUT2D eigenvalue weighted by Crippen LogP contribution is -2.49. The number of piperazine rings is 1. The molecule has 4 nitrogen and oxygen atoms in total. The lowest BCUT2D eigenvalue weighted by molar-refractivity contribution is -0.134.